The molecular formula is C66H85N13O15. The number of phenolic OH excluding ortho intramolecular Hbond substituents is 1. The van der Waals surface area contributed by atoms with E-state index in [1.807, 2.05) is 13.8 Å². The highest BCUT2D eigenvalue weighted by molar-refractivity contribution is 6.00. The largest absolute Gasteiger partial charge is 0.508 e. The van der Waals surface area contributed by atoms with E-state index in [9.17, 15) is 72.9 Å². The van der Waals surface area contributed by atoms with Crippen LogP contribution in [0.1, 0.15) is 88.5 Å². The van der Waals surface area contributed by atoms with Crippen LogP contribution in [0, 0.1) is 11.8 Å². The number of hydrogen-bond donors (Lipinski definition) is 15. The van der Waals surface area contributed by atoms with Crippen LogP contribution < -0.4 is 59.7 Å². The van der Waals surface area contributed by atoms with Crippen LogP contribution in [0.15, 0.2) is 115 Å². The number of likely N-dealkylation sites (tertiary alicyclic amines) is 1. The molecule has 2 heterocycles. The van der Waals surface area contributed by atoms with E-state index in [0.717, 1.165) is 0 Å². The van der Waals surface area contributed by atoms with Gasteiger partial charge in [-0.25, -0.2) is 4.79 Å². The number of carboxylic acid groups (broad SMARTS) is 2. The van der Waals surface area contributed by atoms with Gasteiger partial charge in [0.2, 0.25) is 59.1 Å². The highest BCUT2D eigenvalue weighted by Gasteiger charge is 2.43. The van der Waals surface area contributed by atoms with Crippen LogP contribution in [0.4, 0.5) is 0 Å². The first kappa shape index (κ1) is 72.8. The molecule has 18 N–H and O–H groups in total. The van der Waals surface area contributed by atoms with Gasteiger partial charge < -0.3 is 84.9 Å². The van der Waals surface area contributed by atoms with Crippen LogP contribution in [-0.2, 0) is 83.2 Å². The minimum atomic E-state index is -1.96. The number of rotatable bonds is 36. The molecule has 28 heteroatoms. The molecule has 6 rings (SSSR count). The summed E-state index contributed by atoms with van der Waals surface area (Å²) in [5.74, 6) is -12.7. The molecule has 94 heavy (non-hydrogen) atoms. The number of phenols is 1. The molecule has 10 amide bonds. The summed E-state index contributed by atoms with van der Waals surface area (Å²) >= 11 is 0. The highest BCUT2D eigenvalue weighted by atomic mass is 16.4. The van der Waals surface area contributed by atoms with E-state index in [1.165, 1.54) is 17.0 Å². The number of nitrogens with two attached hydrogens (primary N) is 3. The maximum absolute atomic E-state index is 14.9. The van der Waals surface area contributed by atoms with Gasteiger partial charge in [0, 0.05) is 49.3 Å². The van der Waals surface area contributed by atoms with E-state index < -0.39 is 144 Å². The zero-order chi connectivity index (χ0) is 68.8. The van der Waals surface area contributed by atoms with Crippen LogP contribution in [0.2, 0.25) is 0 Å². The quantitative estimate of drug-likeness (QED) is 0.0247. The van der Waals surface area contributed by atoms with Gasteiger partial charge in [0.15, 0.2) is 0 Å². The van der Waals surface area contributed by atoms with Gasteiger partial charge in [-0.2, -0.15) is 0 Å². The summed E-state index contributed by atoms with van der Waals surface area (Å²) < 4.78 is 0. The van der Waals surface area contributed by atoms with Crippen molar-refractivity contribution < 1.29 is 72.9 Å². The van der Waals surface area contributed by atoms with Gasteiger partial charge in [0.05, 0.1) is 18.9 Å². The Morgan fingerprint density at radius 2 is 1.01 bits per heavy atom. The van der Waals surface area contributed by atoms with Crippen molar-refractivity contribution >= 4 is 81.9 Å². The molecule has 1 aliphatic rings. The molecule has 28 nitrogen and oxygen atoms in total. The van der Waals surface area contributed by atoms with E-state index >= 15 is 0 Å². The van der Waals surface area contributed by atoms with Gasteiger partial charge in [-0.3, -0.25) is 52.7 Å². The van der Waals surface area contributed by atoms with Crippen LogP contribution in [0.25, 0.3) is 10.9 Å². The number of aromatic nitrogens is 1. The summed E-state index contributed by atoms with van der Waals surface area (Å²) in [4.78, 5) is 170. The zero-order valence-corrected chi connectivity index (χ0v) is 52.8. The number of H-pyrrole nitrogens is 1. The molecule has 1 fully saturated rings. The number of nitrogens with one attached hydrogen (secondary N) is 9. The third-order valence-corrected chi connectivity index (χ3v) is 15.9. The Morgan fingerprint density at radius 1 is 0.543 bits per heavy atom. The second-order valence-electron chi connectivity index (χ2n) is 24.1. The van der Waals surface area contributed by atoms with E-state index in [1.54, 1.807) is 117 Å². The monoisotopic (exact) mass is 1300 g/mol. The summed E-state index contributed by atoms with van der Waals surface area (Å²) in [6, 6.07) is 15.1. The summed E-state index contributed by atoms with van der Waals surface area (Å²) in [6.45, 7) is 7.37. The van der Waals surface area contributed by atoms with Crippen molar-refractivity contribution in [3.05, 3.63) is 138 Å². The number of fused-ring (bicyclic) bond motifs is 1. The molecule has 0 bridgehead atoms. The predicted octanol–water partition coefficient (Wildman–Crippen LogP) is -0.174. The van der Waals surface area contributed by atoms with E-state index in [4.69, 9.17) is 17.2 Å². The predicted molar refractivity (Wildman–Crippen MR) is 344 cm³/mol. The lowest BCUT2D eigenvalue weighted by Crippen LogP contribution is -2.65. The van der Waals surface area contributed by atoms with Gasteiger partial charge in [-0.05, 0) is 84.5 Å². The van der Waals surface area contributed by atoms with Crippen molar-refractivity contribution in [2.75, 3.05) is 13.1 Å². The Hall–Kier alpha value is -10.2. The van der Waals surface area contributed by atoms with Crippen LogP contribution in [0.5, 0.6) is 5.75 Å². The lowest BCUT2D eigenvalue weighted by Gasteiger charge is -2.42. The summed E-state index contributed by atoms with van der Waals surface area (Å²) in [6.07, 6.45) is -0.594. The lowest BCUT2D eigenvalue weighted by atomic mass is 9.96. The van der Waals surface area contributed by atoms with Crippen molar-refractivity contribution in [1.29, 1.82) is 0 Å². The van der Waals surface area contributed by atoms with E-state index in [2.05, 4.69) is 47.5 Å². The molecule has 1 aromatic heterocycles. The van der Waals surface area contributed by atoms with Gasteiger partial charge in [0.1, 0.15) is 60.1 Å². The van der Waals surface area contributed by atoms with Crippen molar-refractivity contribution in [3.63, 3.8) is 0 Å². The molecule has 5 aromatic rings. The number of primary amides is 1. The van der Waals surface area contributed by atoms with Crippen molar-refractivity contribution in [2.45, 2.75) is 152 Å². The summed E-state index contributed by atoms with van der Waals surface area (Å²) in [5.41, 5.74) is 20.1. The lowest BCUT2D eigenvalue weighted by molar-refractivity contribution is -0.150. The molecule has 1 unspecified atom stereocenters. The van der Waals surface area contributed by atoms with E-state index in [0.29, 0.717) is 39.6 Å². The molecule has 0 saturated carbocycles. The number of amides is 10. The minimum Gasteiger partial charge on any atom is -0.508 e. The normalized spacial score (nSPS) is 15.6. The number of carbonyl (C=O) groups excluding carboxylic acids is 10. The first-order valence-corrected chi connectivity index (χ1v) is 31.0. The van der Waals surface area contributed by atoms with Gasteiger partial charge in [0.25, 0.3) is 0 Å². The summed E-state index contributed by atoms with van der Waals surface area (Å²) in [5, 5.41) is 51.3. The Morgan fingerprint density at radius 3 is 1.54 bits per heavy atom. The molecule has 1 aliphatic heterocycles. The maximum Gasteiger partial charge on any atom is 0.326 e. The number of aromatic hydroxyl groups is 1. The molecule has 0 spiro atoms. The highest BCUT2D eigenvalue weighted by Crippen LogP contribution is 2.23. The molecule has 0 aliphatic carbocycles. The number of carbonyl (C=O) groups is 12. The van der Waals surface area contributed by atoms with Crippen LogP contribution >= 0.6 is 0 Å². The second-order valence-corrected chi connectivity index (χ2v) is 24.1. The average molecular weight is 1300 g/mol. The number of hydrogen-bond acceptors (Lipinski definition) is 15. The number of aliphatic carboxylic acids is 2. The molecule has 4 aromatic carbocycles. The SMILES string of the molecule is CC(C)C[C@H](NC(=O)[C@H](CCCN)NC(=O)[C@@H](N)C(C)C)C(=O)N[C@@H](Cc1ccc(O)cc1)C(=O)N1CCC1C(=O)N[C@@H](Cc1ccccc1)C(=O)N[C@@H](Cc1ccccc1)C(=O)N[C@@H](CC(N)=O)C(=O)N[C@@H](CC(=O)O)C(=O)N[C@@H](Cc1c[nH]c2ccccc12)C(=O)O. The van der Waals surface area contributed by atoms with Crippen molar-refractivity contribution in [3.8, 4) is 5.75 Å². The van der Waals surface area contributed by atoms with Crippen LogP contribution in [0.3, 0.4) is 0 Å². The standard InChI is InChI=1S/C66H85N13O15/c1-36(2)28-46(72-57(84)45(20-13-26-67)71-64(91)56(69)37(3)4)58(85)77-51(31-40-21-23-42(80)24-22-40)65(92)79-27-25-53(79)63(90)76-48(30-39-16-9-6-10-17-39)60(87)73-47(29-38-14-7-5-8-15-38)59(86)74-49(33-54(68)81)61(88)75-50(34-55(82)83)62(89)78-52(66(93)94)32-41-35-70-44-19-12-11-18-43(41)44/h5-12,14-19,21-24,35-37,45-53,56,70,80H,13,20,25-34,67,69H2,1-4H3,(H2,68,81)(H,71,91)(H,72,84)(H,73,87)(H,74,86)(H,75,88)(H,76,90)(H,77,85)(H,78,89)(H,82,83)(H,93,94)/t45-,46-,47-,48-,49-,50-,51-,52-,53?,56-/m0/s1. The Balaban J connectivity index is 1.22. The fraction of sp³-hybridized carbons (Fsp3) is 0.424. The molecule has 504 valence electrons. The number of carboxylic acids is 2. The summed E-state index contributed by atoms with van der Waals surface area (Å²) in [7, 11) is 0. The van der Waals surface area contributed by atoms with Crippen molar-refractivity contribution in [2.24, 2.45) is 29.0 Å². The minimum absolute atomic E-state index is 0.0252. The van der Waals surface area contributed by atoms with Gasteiger partial charge in [-0.15, -0.1) is 0 Å². The second kappa shape index (κ2) is 35.0. The molecular weight excluding hydrogens is 1210 g/mol. The number of aromatic amines is 1. The topological polar surface area (TPSA) is 459 Å². The number of benzene rings is 4. The fourth-order valence-electron chi connectivity index (χ4n) is 10.6. The van der Waals surface area contributed by atoms with Gasteiger partial charge >= 0.3 is 11.9 Å². The maximum atomic E-state index is 14.9. The fourth-order valence-corrected chi connectivity index (χ4v) is 10.6. The van der Waals surface area contributed by atoms with Gasteiger partial charge in [-0.1, -0.05) is 119 Å². The number of nitrogens with zero attached hydrogens (tertiary/aromatic N) is 1. The Labute approximate surface area is 543 Å². The van der Waals surface area contributed by atoms with Crippen molar-refractivity contribution in [1.82, 2.24) is 52.4 Å². The third-order valence-electron chi connectivity index (χ3n) is 15.9. The molecule has 1 saturated heterocycles. The first-order chi connectivity index (χ1) is 44.7. The van der Waals surface area contributed by atoms with Crippen LogP contribution in [-0.4, -0.2) is 170 Å². The number of para-hydroxylation sites is 1. The molecule has 10 atom stereocenters. The zero-order valence-electron chi connectivity index (χ0n) is 52.8. The Bertz CT molecular complexity index is 3480. The smallest absolute Gasteiger partial charge is 0.326 e. The molecule has 0 radical (unpaired) electrons. The average Bonchev–Trinajstić information content (AvgIpc) is 0.864. The third kappa shape index (κ3) is 21.7. The van der Waals surface area contributed by atoms with E-state index in [-0.39, 0.29) is 75.6 Å². The first-order valence-electron chi connectivity index (χ1n) is 31.0. The Kier molecular flexibility index (Phi) is 27.1.